The third kappa shape index (κ3) is 6.74. The van der Waals surface area contributed by atoms with Crippen LogP contribution in [-0.2, 0) is 16.6 Å². The van der Waals surface area contributed by atoms with Crippen molar-refractivity contribution in [2.45, 2.75) is 39.2 Å². The minimum Gasteiger partial charge on any atom is -0.359 e. The summed E-state index contributed by atoms with van der Waals surface area (Å²) in [6.45, 7) is 10.4. The normalized spacial score (nSPS) is 17.4. The van der Waals surface area contributed by atoms with Crippen LogP contribution < -0.4 is 26.8 Å². The van der Waals surface area contributed by atoms with E-state index in [4.69, 9.17) is 10.4 Å². The molecule has 0 bridgehead atoms. The highest BCUT2D eigenvalue weighted by Gasteiger charge is 2.26. The standard InChI is InChI=1S/C23H35N9O3S/c1-15(2)19-12-18(35-30-19)14-25-23-27-21(26-16(3)11-20(29-24)17-5-6-17)13-22(28-23)31-7-9-32(10-8-31)36(4,33)34/h11-13,15,17,29H,3,5-10,14,24H2,1-2,4H3,(H2,25,26,27,28)/b20-11-. The predicted molar refractivity (Wildman–Crippen MR) is 139 cm³/mol. The summed E-state index contributed by atoms with van der Waals surface area (Å²) in [7, 11) is -3.22. The average Bonchev–Trinajstić information content (AvgIpc) is 3.57. The lowest BCUT2D eigenvalue weighted by Crippen LogP contribution is -2.48. The number of sulfonamides is 1. The minimum absolute atomic E-state index is 0.270. The molecule has 5 N–H and O–H groups in total. The maximum absolute atomic E-state index is 11.9. The second kappa shape index (κ2) is 10.8. The highest BCUT2D eigenvalue weighted by atomic mass is 32.2. The molecule has 4 rings (SSSR count). The molecule has 2 aliphatic rings. The molecule has 0 amide bonds. The molecule has 1 saturated heterocycles. The molecule has 1 saturated carbocycles. The van der Waals surface area contributed by atoms with Crippen LogP contribution in [0, 0.1) is 5.92 Å². The maximum Gasteiger partial charge on any atom is 0.227 e. The van der Waals surface area contributed by atoms with Gasteiger partial charge in [0.15, 0.2) is 5.76 Å². The van der Waals surface area contributed by atoms with Gasteiger partial charge in [-0.2, -0.15) is 14.3 Å². The number of aromatic nitrogens is 3. The fourth-order valence-corrected chi connectivity index (χ4v) is 4.73. The van der Waals surface area contributed by atoms with Gasteiger partial charge in [0, 0.05) is 55.6 Å². The Balaban J connectivity index is 1.52. The van der Waals surface area contributed by atoms with Crippen LogP contribution in [-0.4, -0.2) is 60.3 Å². The summed E-state index contributed by atoms with van der Waals surface area (Å²) in [5.41, 5.74) is 5.22. The molecule has 3 heterocycles. The SMILES string of the molecule is C=C(/C=C(\NN)C1CC1)Nc1cc(N2CCN(S(C)(=O)=O)CC2)nc(NCc2cc(C(C)C)no2)n1. The van der Waals surface area contributed by atoms with E-state index < -0.39 is 10.0 Å². The van der Waals surface area contributed by atoms with Gasteiger partial charge < -0.3 is 25.5 Å². The van der Waals surface area contributed by atoms with E-state index in [1.165, 1.54) is 10.6 Å². The Morgan fingerprint density at radius 1 is 1.25 bits per heavy atom. The van der Waals surface area contributed by atoms with Crippen molar-refractivity contribution in [3.8, 4) is 0 Å². The van der Waals surface area contributed by atoms with Crippen molar-refractivity contribution < 1.29 is 12.9 Å². The Labute approximate surface area is 212 Å². The summed E-state index contributed by atoms with van der Waals surface area (Å²) in [4.78, 5) is 11.3. The van der Waals surface area contributed by atoms with Crippen molar-refractivity contribution in [3.05, 3.63) is 47.6 Å². The second-order valence-electron chi connectivity index (χ2n) is 9.48. The zero-order valence-corrected chi connectivity index (χ0v) is 21.8. The second-order valence-corrected chi connectivity index (χ2v) is 11.5. The molecule has 1 aliphatic heterocycles. The fraction of sp³-hybridized carbons (Fsp3) is 0.522. The van der Waals surface area contributed by atoms with Crippen molar-refractivity contribution >= 4 is 27.6 Å². The summed E-state index contributed by atoms with van der Waals surface area (Å²) in [5, 5.41) is 10.5. The van der Waals surface area contributed by atoms with Gasteiger partial charge in [-0.1, -0.05) is 25.6 Å². The number of nitrogens with two attached hydrogens (primary N) is 1. The molecule has 0 atom stereocenters. The van der Waals surface area contributed by atoms with Gasteiger partial charge in [-0.05, 0) is 24.8 Å². The number of allylic oxidation sites excluding steroid dienone is 2. The number of rotatable bonds is 11. The molecular formula is C23H35N9O3S. The van der Waals surface area contributed by atoms with Gasteiger partial charge >= 0.3 is 0 Å². The molecule has 2 fully saturated rings. The third-order valence-corrected chi connectivity index (χ3v) is 7.44. The summed E-state index contributed by atoms with van der Waals surface area (Å²) >= 11 is 0. The van der Waals surface area contributed by atoms with Crippen LogP contribution in [0.2, 0.25) is 0 Å². The summed E-state index contributed by atoms with van der Waals surface area (Å²) in [6, 6.07) is 3.75. The summed E-state index contributed by atoms with van der Waals surface area (Å²) in [5.74, 6) is 8.70. The molecule has 2 aromatic rings. The Hall–Kier alpha value is -3.16. The first-order chi connectivity index (χ1) is 17.1. The predicted octanol–water partition coefficient (Wildman–Crippen LogP) is 1.96. The van der Waals surface area contributed by atoms with Gasteiger partial charge in [0.2, 0.25) is 16.0 Å². The van der Waals surface area contributed by atoms with Gasteiger partial charge in [0.1, 0.15) is 11.6 Å². The lowest BCUT2D eigenvalue weighted by atomic mass is 10.1. The number of nitrogens with zero attached hydrogens (tertiary/aromatic N) is 5. The lowest BCUT2D eigenvalue weighted by molar-refractivity contribution is 0.379. The largest absolute Gasteiger partial charge is 0.359 e. The van der Waals surface area contributed by atoms with Gasteiger partial charge in [-0.25, -0.2) is 8.42 Å². The molecule has 36 heavy (non-hydrogen) atoms. The van der Waals surface area contributed by atoms with Crippen molar-refractivity contribution in [2.24, 2.45) is 11.8 Å². The molecule has 1 aliphatic carbocycles. The number of hydrogen-bond donors (Lipinski definition) is 4. The topological polar surface area (TPSA) is 155 Å². The molecule has 2 aromatic heterocycles. The van der Waals surface area contributed by atoms with Gasteiger partial charge in [0.25, 0.3) is 0 Å². The van der Waals surface area contributed by atoms with E-state index in [0.717, 1.165) is 24.2 Å². The van der Waals surface area contributed by atoms with Gasteiger partial charge in [0.05, 0.1) is 18.5 Å². The van der Waals surface area contributed by atoms with Crippen LogP contribution in [0.15, 0.2) is 40.7 Å². The molecule has 196 valence electrons. The van der Waals surface area contributed by atoms with Crippen molar-refractivity contribution in [2.75, 3.05) is 48.0 Å². The van der Waals surface area contributed by atoms with Crippen LogP contribution in [0.3, 0.4) is 0 Å². The van der Waals surface area contributed by atoms with Crippen LogP contribution in [0.1, 0.15) is 44.1 Å². The van der Waals surface area contributed by atoms with Crippen LogP contribution in [0.4, 0.5) is 17.6 Å². The summed E-state index contributed by atoms with van der Waals surface area (Å²) in [6.07, 6.45) is 5.33. The van der Waals surface area contributed by atoms with Crippen molar-refractivity contribution in [1.82, 2.24) is 24.9 Å². The highest BCUT2D eigenvalue weighted by molar-refractivity contribution is 7.88. The Morgan fingerprint density at radius 3 is 2.56 bits per heavy atom. The first kappa shape index (κ1) is 25.9. The maximum atomic E-state index is 11.9. The van der Waals surface area contributed by atoms with Crippen LogP contribution in [0.5, 0.6) is 0 Å². The smallest absolute Gasteiger partial charge is 0.227 e. The van der Waals surface area contributed by atoms with Crippen molar-refractivity contribution in [1.29, 1.82) is 0 Å². The average molecular weight is 518 g/mol. The van der Waals surface area contributed by atoms with E-state index in [-0.39, 0.29) is 5.92 Å². The Morgan fingerprint density at radius 2 is 1.97 bits per heavy atom. The molecular weight excluding hydrogens is 482 g/mol. The molecule has 13 heteroatoms. The lowest BCUT2D eigenvalue weighted by Gasteiger charge is -2.34. The fourth-order valence-electron chi connectivity index (χ4n) is 3.90. The van der Waals surface area contributed by atoms with E-state index in [1.807, 2.05) is 23.1 Å². The molecule has 0 radical (unpaired) electrons. The number of hydrazine groups is 1. The highest BCUT2D eigenvalue weighted by Crippen LogP contribution is 2.35. The zero-order chi connectivity index (χ0) is 25.9. The monoisotopic (exact) mass is 517 g/mol. The number of nitrogens with one attached hydrogen (secondary N) is 3. The zero-order valence-electron chi connectivity index (χ0n) is 21.0. The number of piperazine rings is 1. The van der Waals surface area contributed by atoms with Gasteiger partial charge in [-0.15, -0.1) is 0 Å². The third-order valence-electron chi connectivity index (χ3n) is 6.14. The summed E-state index contributed by atoms with van der Waals surface area (Å²) < 4.78 is 30.7. The molecule has 0 spiro atoms. The number of hydrogen-bond acceptors (Lipinski definition) is 11. The van der Waals surface area contributed by atoms with E-state index in [2.05, 4.69) is 51.6 Å². The van der Waals surface area contributed by atoms with Crippen molar-refractivity contribution in [3.63, 3.8) is 0 Å². The van der Waals surface area contributed by atoms with E-state index in [0.29, 0.717) is 67.7 Å². The van der Waals surface area contributed by atoms with E-state index >= 15 is 0 Å². The van der Waals surface area contributed by atoms with Crippen LogP contribution >= 0.6 is 0 Å². The van der Waals surface area contributed by atoms with E-state index in [9.17, 15) is 8.42 Å². The molecule has 0 unspecified atom stereocenters. The quantitative estimate of drug-likeness (QED) is 0.196. The Bertz CT molecular complexity index is 1210. The first-order valence-electron chi connectivity index (χ1n) is 12.0. The Kier molecular flexibility index (Phi) is 7.81. The van der Waals surface area contributed by atoms with Gasteiger partial charge in [-0.3, -0.25) is 5.84 Å². The van der Waals surface area contributed by atoms with E-state index in [1.54, 1.807) is 0 Å². The number of anilines is 3. The van der Waals surface area contributed by atoms with Crippen LogP contribution in [0.25, 0.3) is 0 Å². The first-order valence-corrected chi connectivity index (χ1v) is 13.9. The minimum atomic E-state index is -3.22. The molecule has 0 aromatic carbocycles. The molecule has 12 nitrogen and oxygen atoms in total.